The maximum absolute atomic E-state index is 11.6. The monoisotopic (exact) mass is 244 g/mol. The average molecular weight is 244 g/mol. The molecule has 0 heterocycles. The Bertz CT molecular complexity index is 302. The first-order chi connectivity index (χ1) is 7.76. The molecule has 0 aromatic heterocycles. The van der Waals surface area contributed by atoms with Gasteiger partial charge in [-0.1, -0.05) is 20.8 Å². The van der Waals surface area contributed by atoms with Crippen LogP contribution in [-0.2, 0) is 14.4 Å². The number of hydrogen-bond donors (Lipinski definition) is 3. The maximum atomic E-state index is 11.6. The number of rotatable bonds is 7. The molecule has 3 N–H and O–H groups in total. The number of amides is 2. The SMILES string of the molecule is CNC(=O)C(C)(C)CC(C)[C@@H](NC=O)C(=O)O. The van der Waals surface area contributed by atoms with E-state index in [9.17, 15) is 14.4 Å². The van der Waals surface area contributed by atoms with Gasteiger partial charge >= 0.3 is 5.97 Å². The van der Waals surface area contributed by atoms with E-state index in [0.717, 1.165) is 0 Å². The minimum atomic E-state index is -1.10. The van der Waals surface area contributed by atoms with Gasteiger partial charge in [-0.15, -0.1) is 0 Å². The Kier molecular flexibility index (Phi) is 5.64. The van der Waals surface area contributed by atoms with Crippen LogP contribution in [0.3, 0.4) is 0 Å². The molecule has 1 unspecified atom stereocenters. The summed E-state index contributed by atoms with van der Waals surface area (Å²) < 4.78 is 0. The molecule has 0 aliphatic carbocycles. The van der Waals surface area contributed by atoms with Crippen LogP contribution < -0.4 is 10.6 Å². The smallest absolute Gasteiger partial charge is 0.326 e. The first-order valence-electron chi connectivity index (χ1n) is 5.41. The van der Waals surface area contributed by atoms with Crippen molar-refractivity contribution >= 4 is 18.3 Å². The van der Waals surface area contributed by atoms with E-state index in [2.05, 4.69) is 10.6 Å². The quantitative estimate of drug-likeness (QED) is 0.549. The molecule has 2 atom stereocenters. The molecule has 0 saturated carbocycles. The van der Waals surface area contributed by atoms with Gasteiger partial charge < -0.3 is 15.7 Å². The molecule has 0 fully saturated rings. The Morgan fingerprint density at radius 2 is 1.94 bits per heavy atom. The molecule has 0 saturated heterocycles. The molecular formula is C11H20N2O4. The fourth-order valence-electron chi connectivity index (χ4n) is 1.91. The van der Waals surface area contributed by atoms with E-state index in [0.29, 0.717) is 12.8 Å². The lowest BCUT2D eigenvalue weighted by Crippen LogP contribution is -2.44. The van der Waals surface area contributed by atoms with E-state index in [-0.39, 0.29) is 11.8 Å². The molecule has 2 amide bonds. The average Bonchev–Trinajstić information content (AvgIpc) is 2.23. The number of carboxylic acids is 1. The zero-order chi connectivity index (χ0) is 13.6. The van der Waals surface area contributed by atoms with Crippen LogP contribution in [0.2, 0.25) is 0 Å². The highest BCUT2D eigenvalue weighted by Gasteiger charge is 2.33. The molecule has 0 aliphatic rings. The zero-order valence-electron chi connectivity index (χ0n) is 10.6. The Morgan fingerprint density at radius 1 is 1.41 bits per heavy atom. The van der Waals surface area contributed by atoms with Gasteiger partial charge in [0.1, 0.15) is 6.04 Å². The van der Waals surface area contributed by atoms with E-state index in [1.165, 1.54) is 7.05 Å². The fourth-order valence-corrected chi connectivity index (χ4v) is 1.91. The van der Waals surface area contributed by atoms with Crippen molar-refractivity contribution in [1.29, 1.82) is 0 Å². The second-order valence-corrected chi connectivity index (χ2v) is 4.74. The van der Waals surface area contributed by atoms with Crippen molar-refractivity contribution in [2.75, 3.05) is 7.05 Å². The molecule has 0 spiro atoms. The van der Waals surface area contributed by atoms with Gasteiger partial charge in [-0.2, -0.15) is 0 Å². The van der Waals surface area contributed by atoms with Gasteiger partial charge in [0, 0.05) is 12.5 Å². The van der Waals surface area contributed by atoms with Crippen molar-refractivity contribution in [1.82, 2.24) is 10.6 Å². The summed E-state index contributed by atoms with van der Waals surface area (Å²) in [6.45, 7) is 5.17. The predicted molar refractivity (Wildman–Crippen MR) is 62.3 cm³/mol. The summed E-state index contributed by atoms with van der Waals surface area (Å²) in [7, 11) is 1.53. The molecule has 6 nitrogen and oxygen atoms in total. The minimum Gasteiger partial charge on any atom is -0.480 e. The lowest BCUT2D eigenvalue weighted by molar-refractivity contribution is -0.143. The summed E-state index contributed by atoms with van der Waals surface area (Å²) in [6, 6.07) is -0.976. The molecule has 0 aliphatic heterocycles. The van der Waals surface area contributed by atoms with Crippen molar-refractivity contribution in [3.05, 3.63) is 0 Å². The number of carbonyl (C=O) groups excluding carboxylic acids is 2. The first kappa shape index (κ1) is 15.4. The van der Waals surface area contributed by atoms with Crippen molar-refractivity contribution in [3.8, 4) is 0 Å². The van der Waals surface area contributed by atoms with E-state index in [4.69, 9.17) is 5.11 Å². The Labute approximate surface area is 101 Å². The summed E-state index contributed by atoms with van der Waals surface area (Å²) in [5.41, 5.74) is -0.674. The maximum Gasteiger partial charge on any atom is 0.326 e. The summed E-state index contributed by atoms with van der Waals surface area (Å²) in [6.07, 6.45) is 0.729. The van der Waals surface area contributed by atoms with Crippen LogP contribution >= 0.6 is 0 Å². The van der Waals surface area contributed by atoms with Gasteiger partial charge in [0.05, 0.1) is 0 Å². The molecule has 0 rings (SSSR count). The second-order valence-electron chi connectivity index (χ2n) is 4.74. The molecule has 0 bridgehead atoms. The third kappa shape index (κ3) is 4.42. The fraction of sp³-hybridized carbons (Fsp3) is 0.727. The van der Waals surface area contributed by atoms with Gasteiger partial charge in [-0.3, -0.25) is 9.59 Å². The van der Waals surface area contributed by atoms with Crippen molar-refractivity contribution in [2.24, 2.45) is 11.3 Å². The van der Waals surface area contributed by atoms with E-state index >= 15 is 0 Å². The normalized spacial score (nSPS) is 14.6. The van der Waals surface area contributed by atoms with Crippen LogP contribution in [0.15, 0.2) is 0 Å². The number of carboxylic acid groups (broad SMARTS) is 1. The van der Waals surface area contributed by atoms with Crippen LogP contribution in [0.1, 0.15) is 27.2 Å². The van der Waals surface area contributed by atoms with Crippen molar-refractivity contribution in [2.45, 2.75) is 33.2 Å². The zero-order valence-corrected chi connectivity index (χ0v) is 10.6. The third-order valence-electron chi connectivity index (χ3n) is 2.76. The van der Waals surface area contributed by atoms with Crippen molar-refractivity contribution < 1.29 is 19.5 Å². The largest absolute Gasteiger partial charge is 0.480 e. The minimum absolute atomic E-state index is 0.153. The van der Waals surface area contributed by atoms with Crippen LogP contribution in [-0.4, -0.2) is 36.5 Å². The molecular weight excluding hydrogens is 224 g/mol. The van der Waals surface area contributed by atoms with Crippen LogP contribution in [0.5, 0.6) is 0 Å². The van der Waals surface area contributed by atoms with Crippen molar-refractivity contribution in [3.63, 3.8) is 0 Å². The highest BCUT2D eigenvalue weighted by Crippen LogP contribution is 2.27. The second kappa shape index (κ2) is 6.22. The summed E-state index contributed by atoms with van der Waals surface area (Å²) >= 11 is 0. The van der Waals surface area contributed by atoms with Crippen LogP contribution in [0.25, 0.3) is 0 Å². The first-order valence-corrected chi connectivity index (χ1v) is 5.41. The molecule has 0 radical (unpaired) electrons. The van der Waals surface area contributed by atoms with Gasteiger partial charge in [-0.25, -0.2) is 4.79 Å². The molecule has 6 heteroatoms. The summed E-state index contributed by atoms with van der Waals surface area (Å²) in [5.74, 6) is -1.60. The summed E-state index contributed by atoms with van der Waals surface area (Å²) in [5, 5.41) is 13.7. The number of nitrogens with one attached hydrogen (secondary N) is 2. The molecule has 0 aromatic carbocycles. The molecule has 0 aromatic rings. The van der Waals surface area contributed by atoms with Gasteiger partial charge in [-0.05, 0) is 12.3 Å². The standard InChI is InChI=1S/C11H20N2O4/c1-7(8(9(15)16)13-6-14)5-11(2,3)10(17)12-4/h6-8H,5H2,1-4H3,(H,12,17)(H,13,14)(H,15,16)/t7?,8-/m1/s1. The Hall–Kier alpha value is -1.59. The Balaban J connectivity index is 4.69. The lowest BCUT2D eigenvalue weighted by atomic mass is 9.80. The van der Waals surface area contributed by atoms with Gasteiger partial charge in [0.25, 0.3) is 0 Å². The highest BCUT2D eigenvalue weighted by molar-refractivity contribution is 5.82. The van der Waals surface area contributed by atoms with E-state index in [1.807, 2.05) is 0 Å². The number of aliphatic carboxylic acids is 1. The van der Waals surface area contributed by atoms with Crippen LogP contribution in [0, 0.1) is 11.3 Å². The van der Waals surface area contributed by atoms with E-state index < -0.39 is 17.4 Å². The topological polar surface area (TPSA) is 95.5 Å². The van der Waals surface area contributed by atoms with E-state index in [1.54, 1.807) is 20.8 Å². The lowest BCUT2D eigenvalue weighted by Gasteiger charge is -2.28. The Morgan fingerprint density at radius 3 is 2.29 bits per heavy atom. The summed E-state index contributed by atoms with van der Waals surface area (Å²) in [4.78, 5) is 32.8. The highest BCUT2D eigenvalue weighted by atomic mass is 16.4. The van der Waals surface area contributed by atoms with Crippen LogP contribution in [0.4, 0.5) is 0 Å². The molecule has 98 valence electrons. The number of carbonyl (C=O) groups is 3. The third-order valence-corrected chi connectivity index (χ3v) is 2.76. The van der Waals surface area contributed by atoms with Gasteiger partial charge in [0.15, 0.2) is 0 Å². The van der Waals surface area contributed by atoms with Gasteiger partial charge in [0.2, 0.25) is 12.3 Å². The molecule has 17 heavy (non-hydrogen) atoms. The predicted octanol–water partition coefficient (Wildman–Crippen LogP) is -0.0160. The number of hydrogen-bond acceptors (Lipinski definition) is 3.